The Morgan fingerprint density at radius 3 is 0.955 bits per heavy atom. The normalized spacial score (nSPS) is 19.7. The van der Waals surface area contributed by atoms with E-state index in [2.05, 4.69) is 11.6 Å². The van der Waals surface area contributed by atoms with Crippen molar-refractivity contribution in [1.29, 1.82) is 0 Å². The van der Waals surface area contributed by atoms with Gasteiger partial charge in [-0.25, -0.2) is 18.7 Å². The van der Waals surface area contributed by atoms with E-state index in [1.807, 2.05) is 0 Å². The predicted octanol–water partition coefficient (Wildman–Crippen LogP) is 7.62. The summed E-state index contributed by atoms with van der Waals surface area (Å²) in [5.41, 5.74) is 0. The minimum Gasteiger partial charge on any atom is -0.475 e. The van der Waals surface area contributed by atoms with Gasteiger partial charge in [0.15, 0.2) is 0 Å². The van der Waals surface area contributed by atoms with Crippen molar-refractivity contribution in [2.75, 3.05) is 0 Å². The molecule has 264 valence electrons. The SMILES string of the molecule is O=C(O)C(F)(F)OC(F)(F)C(F)(F)OC(F)(F)C(F)(OC(F)(F)C(F)(OC(F)(F)C(F)(Cl)C(F)(F)F)C(F)(F)F)C(F)(F)F. The van der Waals surface area contributed by atoms with E-state index in [0.717, 1.165) is 9.47 Å². The molecule has 0 fully saturated rings. The maximum Gasteiger partial charge on any atom is 0.460 e. The van der Waals surface area contributed by atoms with Gasteiger partial charge in [0.05, 0.1) is 0 Å². The summed E-state index contributed by atoms with van der Waals surface area (Å²) >= 11 is 3.43. The minimum atomic E-state index is -8.78. The van der Waals surface area contributed by atoms with Crippen LogP contribution in [0.25, 0.3) is 0 Å². The van der Waals surface area contributed by atoms with E-state index in [1.165, 1.54) is 9.47 Å². The van der Waals surface area contributed by atoms with Crippen LogP contribution in [0, 0.1) is 0 Å². The first-order valence-electron chi connectivity index (χ1n) is 8.79. The average Bonchev–Trinajstić information content (AvgIpc) is 2.68. The first-order valence-corrected chi connectivity index (χ1v) is 9.16. The number of aliphatic carboxylic acids is 1. The quantitative estimate of drug-likeness (QED) is 0.155. The molecule has 0 spiro atoms. The lowest BCUT2D eigenvalue weighted by Gasteiger charge is -2.42. The topological polar surface area (TPSA) is 74.2 Å². The van der Waals surface area contributed by atoms with Crippen LogP contribution in [0.2, 0.25) is 0 Å². The zero-order valence-electron chi connectivity index (χ0n) is 18.4. The summed E-state index contributed by atoms with van der Waals surface area (Å²) in [5.74, 6) is -21.4. The number of hydrogen-bond acceptors (Lipinski definition) is 5. The van der Waals surface area contributed by atoms with Crippen molar-refractivity contribution >= 4 is 17.6 Å². The van der Waals surface area contributed by atoms with Crippen LogP contribution < -0.4 is 0 Å². The van der Waals surface area contributed by atoms with Gasteiger partial charge in [0.25, 0.3) is 0 Å². The molecule has 0 saturated heterocycles. The first-order chi connectivity index (χ1) is 18.5. The molecular formula is C13HClF24O6. The highest BCUT2D eigenvalue weighted by molar-refractivity contribution is 6.24. The van der Waals surface area contributed by atoms with Crippen LogP contribution in [0.15, 0.2) is 0 Å². The highest BCUT2D eigenvalue weighted by Gasteiger charge is 2.88. The van der Waals surface area contributed by atoms with Crippen LogP contribution >= 0.6 is 11.6 Å². The van der Waals surface area contributed by atoms with Crippen molar-refractivity contribution in [3.8, 4) is 0 Å². The van der Waals surface area contributed by atoms with Crippen molar-refractivity contribution in [2.24, 2.45) is 0 Å². The van der Waals surface area contributed by atoms with Crippen molar-refractivity contribution < 1.29 is 134 Å². The summed E-state index contributed by atoms with van der Waals surface area (Å²) in [7, 11) is 0. The molecule has 0 aliphatic rings. The summed E-state index contributed by atoms with van der Waals surface area (Å²) < 4.78 is 320. The molecule has 0 amide bonds. The Hall–Kier alpha value is -2.08. The van der Waals surface area contributed by atoms with E-state index >= 15 is 0 Å². The van der Waals surface area contributed by atoms with E-state index in [0.29, 0.717) is 0 Å². The molecule has 0 aromatic heterocycles. The fourth-order valence-corrected chi connectivity index (χ4v) is 1.80. The molecule has 0 aliphatic heterocycles. The molecule has 0 heterocycles. The molecule has 3 unspecified atom stereocenters. The monoisotopic (exact) mass is 744 g/mol. The Bertz CT molecular complexity index is 1050. The smallest absolute Gasteiger partial charge is 0.460 e. The van der Waals surface area contributed by atoms with Crippen molar-refractivity contribution in [1.82, 2.24) is 0 Å². The number of carboxylic acid groups (broad SMARTS) is 1. The number of alkyl halides is 25. The molecule has 0 rings (SSSR count). The zero-order valence-corrected chi connectivity index (χ0v) is 19.2. The maximum atomic E-state index is 14.1. The number of halogens is 25. The number of carboxylic acids is 1. The third kappa shape index (κ3) is 7.32. The van der Waals surface area contributed by atoms with Gasteiger partial charge in [-0.05, 0) is 0 Å². The van der Waals surface area contributed by atoms with Gasteiger partial charge in [-0.2, -0.15) is 101 Å². The summed E-state index contributed by atoms with van der Waals surface area (Å²) in [4.78, 5) is 9.91. The minimum absolute atomic E-state index is 1.03. The van der Waals surface area contributed by atoms with E-state index < -0.39 is 78.0 Å². The van der Waals surface area contributed by atoms with Crippen molar-refractivity contribution in [3.63, 3.8) is 0 Å². The second-order valence-electron chi connectivity index (χ2n) is 7.07. The third-order valence-corrected chi connectivity index (χ3v) is 4.27. The predicted molar refractivity (Wildman–Crippen MR) is 77.2 cm³/mol. The number of ether oxygens (including phenoxy) is 4. The lowest BCUT2D eigenvalue weighted by atomic mass is 10.2. The zero-order chi connectivity index (χ0) is 36.4. The maximum absolute atomic E-state index is 14.1. The van der Waals surface area contributed by atoms with Crippen LogP contribution in [-0.2, 0) is 23.7 Å². The highest BCUT2D eigenvalue weighted by Crippen LogP contribution is 2.59. The molecule has 0 aliphatic carbocycles. The molecule has 1 N–H and O–H groups in total. The van der Waals surface area contributed by atoms with Crippen LogP contribution in [0.1, 0.15) is 0 Å². The molecule has 6 nitrogen and oxygen atoms in total. The fraction of sp³-hybridized carbons (Fsp3) is 0.923. The molecule has 0 aromatic rings. The second-order valence-corrected chi connectivity index (χ2v) is 7.59. The standard InChI is InChI=1S/C13HClF24O6/c14-3(17,6(20,21)22)9(29,30)42-4(18,7(23,24)25)10(31,32)43-5(19,8(26,27)28)11(33,34)44-13(37,38)12(35,36)41-2(15,16)1(39)40/h(H,39,40). The highest BCUT2D eigenvalue weighted by atomic mass is 35.5. The Morgan fingerprint density at radius 1 is 0.409 bits per heavy atom. The largest absolute Gasteiger partial charge is 0.475 e. The van der Waals surface area contributed by atoms with Gasteiger partial charge in [0, 0.05) is 0 Å². The van der Waals surface area contributed by atoms with Gasteiger partial charge in [-0.1, -0.05) is 11.6 Å². The molecular weight excluding hydrogens is 744 g/mol. The van der Waals surface area contributed by atoms with Crippen molar-refractivity contribution in [3.05, 3.63) is 0 Å². The summed E-state index contributed by atoms with van der Waals surface area (Å²) in [6.07, 6.45) is -72.3. The average molecular weight is 745 g/mol. The van der Waals surface area contributed by atoms with Gasteiger partial charge in [0.2, 0.25) is 0 Å². The molecule has 3 atom stereocenters. The lowest BCUT2D eigenvalue weighted by Crippen LogP contribution is -2.70. The van der Waals surface area contributed by atoms with Gasteiger partial charge in [0.1, 0.15) is 0 Å². The van der Waals surface area contributed by atoms with E-state index in [9.17, 15) is 110 Å². The van der Waals surface area contributed by atoms with Crippen molar-refractivity contribution in [2.45, 2.75) is 72.0 Å². The number of rotatable bonds is 13. The Labute approximate surface area is 225 Å². The Balaban J connectivity index is 7.15. The lowest BCUT2D eigenvalue weighted by molar-refractivity contribution is -0.586. The number of hydrogen-bond donors (Lipinski definition) is 1. The van der Waals surface area contributed by atoms with E-state index in [4.69, 9.17) is 5.11 Å². The second kappa shape index (κ2) is 11.0. The fourth-order valence-electron chi connectivity index (χ4n) is 1.76. The summed E-state index contributed by atoms with van der Waals surface area (Å²) in [6, 6.07) is 0. The first kappa shape index (κ1) is 41.9. The third-order valence-electron chi connectivity index (χ3n) is 3.84. The molecule has 31 heteroatoms. The molecule has 0 bridgehead atoms. The van der Waals surface area contributed by atoms with Crippen LogP contribution in [0.4, 0.5) is 105 Å². The van der Waals surface area contributed by atoms with Gasteiger partial charge in [-0.3, -0.25) is 9.47 Å². The number of carbonyl (C=O) groups is 1. The Kier molecular flexibility index (Phi) is 10.5. The summed E-state index contributed by atoms with van der Waals surface area (Å²) in [5, 5.41) is 0.431. The molecule has 0 saturated carbocycles. The van der Waals surface area contributed by atoms with Gasteiger partial charge >= 0.3 is 78.0 Å². The Morgan fingerprint density at radius 2 is 0.682 bits per heavy atom. The van der Waals surface area contributed by atoms with Crippen LogP contribution in [-0.4, -0.2) is 83.1 Å². The molecule has 0 aromatic carbocycles. The molecule has 44 heavy (non-hydrogen) atoms. The van der Waals surface area contributed by atoms with Crippen LogP contribution in [0.5, 0.6) is 0 Å². The van der Waals surface area contributed by atoms with Gasteiger partial charge in [-0.15, -0.1) is 0 Å². The van der Waals surface area contributed by atoms with E-state index in [-0.39, 0.29) is 0 Å². The van der Waals surface area contributed by atoms with E-state index in [1.54, 1.807) is 0 Å². The molecule has 0 radical (unpaired) electrons. The summed E-state index contributed by atoms with van der Waals surface area (Å²) in [6.45, 7) is 0. The van der Waals surface area contributed by atoms with Crippen LogP contribution in [0.3, 0.4) is 0 Å². The van der Waals surface area contributed by atoms with Gasteiger partial charge < -0.3 is 5.11 Å².